The van der Waals surface area contributed by atoms with Crippen LogP contribution in [-0.2, 0) is 6.42 Å². The molecule has 0 amide bonds. The smallest absolute Gasteiger partial charge is 0.311 e. The zero-order chi connectivity index (χ0) is 13.4. The highest BCUT2D eigenvalue weighted by molar-refractivity contribution is 6.33. The summed E-state index contributed by atoms with van der Waals surface area (Å²) < 4.78 is 0. The molecular formula is C14H11ClN2O2. The molecule has 0 saturated carbocycles. The van der Waals surface area contributed by atoms with Gasteiger partial charge in [0.15, 0.2) is 0 Å². The lowest BCUT2D eigenvalue weighted by Crippen LogP contribution is -2.15. The van der Waals surface area contributed by atoms with E-state index in [1.54, 1.807) is 18.2 Å². The Morgan fingerprint density at radius 3 is 2.63 bits per heavy atom. The van der Waals surface area contributed by atoms with Crippen molar-refractivity contribution < 1.29 is 4.92 Å². The summed E-state index contributed by atoms with van der Waals surface area (Å²) in [7, 11) is 0. The van der Waals surface area contributed by atoms with Gasteiger partial charge in [-0.1, -0.05) is 35.9 Å². The average molecular weight is 275 g/mol. The van der Waals surface area contributed by atoms with E-state index in [-0.39, 0.29) is 10.7 Å². The van der Waals surface area contributed by atoms with Crippen LogP contribution in [0.25, 0.3) is 0 Å². The van der Waals surface area contributed by atoms with Gasteiger partial charge in [0, 0.05) is 12.2 Å². The molecule has 19 heavy (non-hydrogen) atoms. The maximum Gasteiger partial charge on any atom is 0.311 e. The van der Waals surface area contributed by atoms with Gasteiger partial charge in [-0.25, -0.2) is 0 Å². The summed E-state index contributed by atoms with van der Waals surface area (Å²) in [6.07, 6.45) is 0.889. The second-order valence-corrected chi connectivity index (χ2v) is 4.80. The maximum absolute atomic E-state index is 11.2. The molecule has 5 heteroatoms. The van der Waals surface area contributed by atoms with Crippen molar-refractivity contribution in [1.29, 1.82) is 0 Å². The molecule has 2 aromatic carbocycles. The minimum Gasteiger partial charge on any atom is -0.335 e. The molecule has 96 valence electrons. The Bertz CT molecular complexity index is 658. The first-order chi connectivity index (χ1) is 9.18. The Balaban J connectivity index is 2.15. The number of nitro groups is 1. The first-order valence-electron chi connectivity index (χ1n) is 5.97. The van der Waals surface area contributed by atoms with E-state index in [9.17, 15) is 10.1 Å². The predicted molar refractivity (Wildman–Crippen MR) is 75.3 cm³/mol. The normalized spacial score (nSPS) is 13.4. The molecule has 0 aromatic heterocycles. The topological polar surface area (TPSA) is 46.4 Å². The van der Waals surface area contributed by atoms with E-state index in [4.69, 9.17) is 11.6 Å². The second-order valence-electron chi connectivity index (χ2n) is 4.40. The Morgan fingerprint density at radius 2 is 1.84 bits per heavy atom. The largest absolute Gasteiger partial charge is 0.335 e. The summed E-state index contributed by atoms with van der Waals surface area (Å²) in [5.41, 5.74) is 2.76. The lowest BCUT2D eigenvalue weighted by atomic mass is 10.2. The number of halogens is 1. The highest BCUT2D eigenvalue weighted by atomic mass is 35.5. The SMILES string of the molecule is O=[N+]([O-])c1c(Cl)cccc1N1CCc2ccccc21. The van der Waals surface area contributed by atoms with E-state index >= 15 is 0 Å². The lowest BCUT2D eigenvalue weighted by molar-refractivity contribution is -0.383. The van der Waals surface area contributed by atoms with E-state index in [1.165, 1.54) is 5.56 Å². The van der Waals surface area contributed by atoms with Crippen molar-refractivity contribution in [3.05, 3.63) is 63.2 Å². The second kappa shape index (κ2) is 4.55. The van der Waals surface area contributed by atoms with Crippen LogP contribution in [0.15, 0.2) is 42.5 Å². The first-order valence-corrected chi connectivity index (χ1v) is 6.34. The van der Waals surface area contributed by atoms with Gasteiger partial charge in [0.1, 0.15) is 10.7 Å². The molecule has 1 heterocycles. The summed E-state index contributed by atoms with van der Waals surface area (Å²) in [5.74, 6) is 0. The summed E-state index contributed by atoms with van der Waals surface area (Å²) in [5, 5.41) is 11.4. The fourth-order valence-corrected chi connectivity index (χ4v) is 2.73. The van der Waals surface area contributed by atoms with Gasteiger partial charge in [0.05, 0.1) is 4.92 Å². The van der Waals surface area contributed by atoms with E-state index < -0.39 is 4.92 Å². The maximum atomic E-state index is 11.2. The molecule has 0 saturated heterocycles. The van der Waals surface area contributed by atoms with Crippen LogP contribution in [-0.4, -0.2) is 11.5 Å². The van der Waals surface area contributed by atoms with Crippen LogP contribution in [0.3, 0.4) is 0 Å². The molecule has 0 fully saturated rings. The van der Waals surface area contributed by atoms with E-state index in [0.29, 0.717) is 5.69 Å². The van der Waals surface area contributed by atoms with Crippen LogP contribution in [0, 0.1) is 10.1 Å². The molecular weight excluding hydrogens is 264 g/mol. The quantitative estimate of drug-likeness (QED) is 0.615. The van der Waals surface area contributed by atoms with Gasteiger partial charge in [0.25, 0.3) is 0 Å². The van der Waals surface area contributed by atoms with Gasteiger partial charge in [-0.05, 0) is 30.2 Å². The molecule has 0 radical (unpaired) electrons. The predicted octanol–water partition coefficient (Wildman–Crippen LogP) is 3.94. The van der Waals surface area contributed by atoms with Crippen LogP contribution in [0.4, 0.5) is 17.1 Å². The van der Waals surface area contributed by atoms with Gasteiger partial charge in [-0.15, -0.1) is 0 Å². The van der Waals surface area contributed by atoms with Gasteiger partial charge < -0.3 is 4.90 Å². The number of nitro benzene ring substituents is 1. The number of fused-ring (bicyclic) bond motifs is 1. The highest BCUT2D eigenvalue weighted by Crippen LogP contribution is 2.41. The zero-order valence-electron chi connectivity index (χ0n) is 10.0. The number of hydrogen-bond donors (Lipinski definition) is 0. The summed E-state index contributed by atoms with van der Waals surface area (Å²) in [6.45, 7) is 0.737. The number of hydrogen-bond acceptors (Lipinski definition) is 3. The molecule has 0 N–H and O–H groups in total. The van der Waals surface area contributed by atoms with Gasteiger partial charge in [-0.3, -0.25) is 10.1 Å². The standard InChI is InChI=1S/C14H11ClN2O2/c15-11-5-3-7-13(14(11)17(18)19)16-9-8-10-4-1-2-6-12(10)16/h1-7H,8-9H2. The number of para-hydroxylation sites is 2. The number of rotatable bonds is 2. The molecule has 0 atom stereocenters. The third-order valence-electron chi connectivity index (χ3n) is 3.33. The van der Waals surface area contributed by atoms with Gasteiger partial charge in [0.2, 0.25) is 0 Å². The summed E-state index contributed by atoms with van der Waals surface area (Å²) >= 11 is 5.96. The molecule has 0 spiro atoms. The summed E-state index contributed by atoms with van der Waals surface area (Å²) in [6, 6.07) is 13.0. The van der Waals surface area contributed by atoms with Gasteiger partial charge >= 0.3 is 5.69 Å². The van der Waals surface area contributed by atoms with E-state index in [1.807, 2.05) is 29.2 Å². The fraction of sp³-hybridized carbons (Fsp3) is 0.143. The monoisotopic (exact) mass is 274 g/mol. The number of nitrogens with zero attached hydrogens (tertiary/aromatic N) is 2. The van der Waals surface area contributed by atoms with Crippen LogP contribution in [0.5, 0.6) is 0 Å². The van der Waals surface area contributed by atoms with Crippen molar-refractivity contribution in [2.45, 2.75) is 6.42 Å². The third-order valence-corrected chi connectivity index (χ3v) is 3.63. The van der Waals surface area contributed by atoms with Crippen LogP contribution in [0.2, 0.25) is 5.02 Å². The Labute approximate surface area is 115 Å². The van der Waals surface area contributed by atoms with E-state index in [0.717, 1.165) is 18.7 Å². The van der Waals surface area contributed by atoms with Crippen molar-refractivity contribution in [3.63, 3.8) is 0 Å². The molecule has 0 aliphatic carbocycles. The number of benzene rings is 2. The minimum absolute atomic E-state index is 0.0270. The fourth-order valence-electron chi connectivity index (χ4n) is 2.49. The Kier molecular flexibility index (Phi) is 2.87. The first kappa shape index (κ1) is 12.0. The Morgan fingerprint density at radius 1 is 1.11 bits per heavy atom. The number of anilines is 2. The zero-order valence-corrected chi connectivity index (χ0v) is 10.8. The molecule has 1 aliphatic heterocycles. The van der Waals surface area contributed by atoms with Crippen LogP contribution < -0.4 is 4.90 Å². The molecule has 4 nitrogen and oxygen atoms in total. The van der Waals surface area contributed by atoms with Crippen molar-refractivity contribution >= 4 is 28.7 Å². The van der Waals surface area contributed by atoms with Crippen molar-refractivity contribution in [1.82, 2.24) is 0 Å². The van der Waals surface area contributed by atoms with Crippen molar-refractivity contribution in [3.8, 4) is 0 Å². The minimum atomic E-state index is -0.418. The molecule has 0 unspecified atom stereocenters. The van der Waals surface area contributed by atoms with Crippen LogP contribution >= 0.6 is 11.6 Å². The van der Waals surface area contributed by atoms with Crippen LogP contribution in [0.1, 0.15) is 5.56 Å². The van der Waals surface area contributed by atoms with E-state index in [2.05, 4.69) is 0 Å². The highest BCUT2D eigenvalue weighted by Gasteiger charge is 2.27. The summed E-state index contributed by atoms with van der Waals surface area (Å²) in [4.78, 5) is 12.7. The molecule has 0 bridgehead atoms. The molecule has 3 rings (SSSR count). The third kappa shape index (κ3) is 1.94. The average Bonchev–Trinajstić information content (AvgIpc) is 2.81. The molecule has 2 aromatic rings. The Hall–Kier alpha value is -2.07. The van der Waals surface area contributed by atoms with Crippen molar-refractivity contribution in [2.24, 2.45) is 0 Å². The molecule has 1 aliphatic rings. The van der Waals surface area contributed by atoms with Crippen molar-refractivity contribution in [2.75, 3.05) is 11.4 Å². The lowest BCUT2D eigenvalue weighted by Gasteiger charge is -2.19. The van der Waals surface area contributed by atoms with Gasteiger partial charge in [-0.2, -0.15) is 0 Å².